The summed E-state index contributed by atoms with van der Waals surface area (Å²) in [5.74, 6) is 0.798. The van der Waals surface area contributed by atoms with E-state index in [1.54, 1.807) is 7.11 Å². The predicted molar refractivity (Wildman–Crippen MR) is 84.9 cm³/mol. The van der Waals surface area contributed by atoms with Crippen LogP contribution in [0.3, 0.4) is 0 Å². The molecule has 0 spiro atoms. The van der Waals surface area contributed by atoms with Gasteiger partial charge in [0.15, 0.2) is 5.82 Å². The van der Waals surface area contributed by atoms with Crippen LogP contribution in [0.4, 0.5) is 5.13 Å². The van der Waals surface area contributed by atoms with Crippen LogP contribution in [0.15, 0.2) is 0 Å². The van der Waals surface area contributed by atoms with Gasteiger partial charge in [-0.05, 0) is 13.8 Å². The van der Waals surface area contributed by atoms with E-state index in [4.69, 9.17) is 4.74 Å². The van der Waals surface area contributed by atoms with Crippen molar-refractivity contribution in [2.75, 3.05) is 51.3 Å². The first kappa shape index (κ1) is 15.1. The molecular weight excluding hydrogens is 286 g/mol. The van der Waals surface area contributed by atoms with Crippen LogP contribution in [0.25, 0.3) is 0 Å². The third-order valence-electron chi connectivity index (χ3n) is 4.46. The number of anilines is 1. The largest absolute Gasteiger partial charge is 0.377 e. The topological polar surface area (TPSA) is 44.7 Å². The third kappa shape index (κ3) is 3.36. The molecule has 118 valence electrons. The second kappa shape index (κ2) is 6.56. The highest BCUT2D eigenvalue weighted by atomic mass is 32.1. The Hall–Kier alpha value is -0.760. The van der Waals surface area contributed by atoms with E-state index in [1.807, 2.05) is 0 Å². The number of methoxy groups -OCH3 is 1. The van der Waals surface area contributed by atoms with Crippen LogP contribution in [0.5, 0.6) is 0 Å². The lowest BCUT2D eigenvalue weighted by molar-refractivity contribution is 0.0678. The Balaban J connectivity index is 1.45. The van der Waals surface area contributed by atoms with Gasteiger partial charge >= 0.3 is 0 Å². The van der Waals surface area contributed by atoms with Gasteiger partial charge < -0.3 is 9.64 Å². The van der Waals surface area contributed by atoms with Crippen molar-refractivity contribution in [2.24, 2.45) is 0 Å². The van der Waals surface area contributed by atoms with E-state index in [9.17, 15) is 0 Å². The van der Waals surface area contributed by atoms with Crippen molar-refractivity contribution in [2.45, 2.75) is 32.5 Å². The second-order valence-corrected chi connectivity index (χ2v) is 6.88. The zero-order valence-electron chi connectivity index (χ0n) is 13.2. The van der Waals surface area contributed by atoms with E-state index in [1.165, 1.54) is 37.7 Å². The molecule has 7 heteroatoms. The summed E-state index contributed by atoms with van der Waals surface area (Å²) in [6.45, 7) is 12.0. The summed E-state index contributed by atoms with van der Waals surface area (Å²) in [6, 6.07) is 1.36. The fourth-order valence-corrected chi connectivity index (χ4v) is 3.71. The minimum Gasteiger partial charge on any atom is -0.377 e. The van der Waals surface area contributed by atoms with Crippen LogP contribution in [-0.4, -0.2) is 77.6 Å². The predicted octanol–water partition coefficient (Wildman–Crippen LogP) is 0.899. The van der Waals surface area contributed by atoms with Crippen molar-refractivity contribution in [1.82, 2.24) is 19.2 Å². The van der Waals surface area contributed by atoms with Crippen LogP contribution in [-0.2, 0) is 11.3 Å². The highest BCUT2D eigenvalue weighted by molar-refractivity contribution is 7.09. The average molecular weight is 311 g/mol. The Morgan fingerprint density at radius 2 is 1.95 bits per heavy atom. The first-order valence-corrected chi connectivity index (χ1v) is 8.49. The van der Waals surface area contributed by atoms with E-state index < -0.39 is 0 Å². The lowest BCUT2D eigenvalue weighted by atomic mass is 10.1. The summed E-state index contributed by atoms with van der Waals surface area (Å²) in [5, 5.41) is 1.04. The number of rotatable bonds is 5. The monoisotopic (exact) mass is 311 g/mol. The summed E-state index contributed by atoms with van der Waals surface area (Å²) in [6.07, 6.45) is 0. The van der Waals surface area contributed by atoms with Crippen molar-refractivity contribution < 1.29 is 4.74 Å². The minimum absolute atomic E-state index is 0.505. The summed E-state index contributed by atoms with van der Waals surface area (Å²) in [4.78, 5) is 12.0. The van der Waals surface area contributed by atoms with Gasteiger partial charge in [-0.25, -0.2) is 4.98 Å². The average Bonchev–Trinajstić information content (AvgIpc) is 2.86. The van der Waals surface area contributed by atoms with Crippen molar-refractivity contribution >= 4 is 16.7 Å². The smallest absolute Gasteiger partial charge is 0.205 e. The molecule has 21 heavy (non-hydrogen) atoms. The molecular formula is C14H25N5OS. The zero-order valence-corrected chi connectivity index (χ0v) is 14.0. The Kier molecular flexibility index (Phi) is 4.73. The summed E-state index contributed by atoms with van der Waals surface area (Å²) >= 11 is 1.48. The van der Waals surface area contributed by atoms with E-state index in [2.05, 4.69) is 37.9 Å². The maximum Gasteiger partial charge on any atom is 0.205 e. The van der Waals surface area contributed by atoms with Crippen molar-refractivity contribution in [3.8, 4) is 0 Å². The first-order valence-electron chi connectivity index (χ1n) is 7.72. The zero-order chi connectivity index (χ0) is 14.8. The highest BCUT2D eigenvalue weighted by Crippen LogP contribution is 2.26. The van der Waals surface area contributed by atoms with Crippen LogP contribution in [0.1, 0.15) is 19.7 Å². The third-order valence-corrected chi connectivity index (χ3v) is 5.27. The van der Waals surface area contributed by atoms with Gasteiger partial charge in [0.2, 0.25) is 5.13 Å². The normalized spacial score (nSPS) is 22.0. The fourth-order valence-electron chi connectivity index (χ4n) is 3.02. The maximum absolute atomic E-state index is 5.07. The molecule has 1 aromatic rings. The highest BCUT2D eigenvalue weighted by Gasteiger charge is 2.35. The van der Waals surface area contributed by atoms with E-state index >= 15 is 0 Å². The Morgan fingerprint density at radius 1 is 1.24 bits per heavy atom. The molecule has 2 saturated heterocycles. The molecule has 0 unspecified atom stereocenters. The lowest BCUT2D eigenvalue weighted by Crippen LogP contribution is -2.63. The SMILES string of the molecule is COCc1nsc(N2CC(N3CCN(C(C)C)CC3)C2)n1. The second-order valence-electron chi connectivity index (χ2n) is 6.15. The summed E-state index contributed by atoms with van der Waals surface area (Å²) in [5.41, 5.74) is 0. The summed E-state index contributed by atoms with van der Waals surface area (Å²) < 4.78 is 9.39. The number of aromatic nitrogens is 2. The van der Waals surface area contributed by atoms with E-state index in [-0.39, 0.29) is 0 Å². The molecule has 0 N–H and O–H groups in total. The molecule has 0 atom stereocenters. The minimum atomic E-state index is 0.505. The molecule has 0 bridgehead atoms. The molecule has 0 aliphatic carbocycles. The molecule has 6 nitrogen and oxygen atoms in total. The van der Waals surface area contributed by atoms with Crippen molar-refractivity contribution in [3.63, 3.8) is 0 Å². The molecule has 3 heterocycles. The molecule has 2 aliphatic rings. The van der Waals surface area contributed by atoms with Crippen LogP contribution in [0, 0.1) is 0 Å². The first-order chi connectivity index (χ1) is 10.2. The molecule has 0 amide bonds. The van der Waals surface area contributed by atoms with Crippen molar-refractivity contribution in [1.29, 1.82) is 0 Å². The van der Waals surface area contributed by atoms with Gasteiger partial charge in [-0.1, -0.05) is 0 Å². The lowest BCUT2D eigenvalue weighted by Gasteiger charge is -2.48. The van der Waals surface area contributed by atoms with Gasteiger partial charge in [0.05, 0.1) is 0 Å². The number of piperazine rings is 1. The van der Waals surface area contributed by atoms with Crippen LogP contribution >= 0.6 is 11.5 Å². The van der Waals surface area contributed by atoms with Gasteiger partial charge in [-0.2, -0.15) is 4.37 Å². The Bertz CT molecular complexity index is 452. The fraction of sp³-hybridized carbons (Fsp3) is 0.857. The molecule has 0 radical (unpaired) electrons. The van der Waals surface area contributed by atoms with Gasteiger partial charge in [-0.3, -0.25) is 9.80 Å². The van der Waals surface area contributed by atoms with Gasteiger partial charge in [0.25, 0.3) is 0 Å². The molecule has 1 aromatic heterocycles. The number of nitrogens with zero attached hydrogens (tertiary/aromatic N) is 5. The van der Waals surface area contributed by atoms with Crippen LogP contribution < -0.4 is 4.90 Å². The maximum atomic E-state index is 5.07. The number of hydrogen-bond donors (Lipinski definition) is 0. The quantitative estimate of drug-likeness (QED) is 0.805. The molecule has 0 aromatic carbocycles. The summed E-state index contributed by atoms with van der Waals surface area (Å²) in [7, 11) is 1.68. The molecule has 0 saturated carbocycles. The van der Waals surface area contributed by atoms with Gasteiger partial charge in [-0.15, -0.1) is 0 Å². The number of ether oxygens (including phenoxy) is 1. The van der Waals surface area contributed by atoms with Gasteiger partial charge in [0, 0.05) is 70.0 Å². The van der Waals surface area contributed by atoms with Gasteiger partial charge in [0.1, 0.15) is 6.61 Å². The Morgan fingerprint density at radius 3 is 2.57 bits per heavy atom. The molecule has 2 fully saturated rings. The molecule has 3 rings (SSSR count). The van der Waals surface area contributed by atoms with Crippen molar-refractivity contribution in [3.05, 3.63) is 5.82 Å². The standard InChI is InChI=1S/C14H25N5OS/c1-11(2)17-4-6-18(7-5-17)12-8-19(9-12)14-15-13(10-20-3)16-21-14/h11-12H,4-10H2,1-3H3. The number of hydrogen-bond acceptors (Lipinski definition) is 7. The van der Waals surface area contributed by atoms with Crippen LogP contribution in [0.2, 0.25) is 0 Å². The Labute approximate surface area is 130 Å². The van der Waals surface area contributed by atoms with E-state index in [0.29, 0.717) is 18.7 Å². The van der Waals surface area contributed by atoms with E-state index in [0.717, 1.165) is 24.0 Å². The molecule has 2 aliphatic heterocycles.